The van der Waals surface area contributed by atoms with Gasteiger partial charge in [0.15, 0.2) is 11.0 Å². The molecule has 0 unspecified atom stereocenters. The van der Waals surface area contributed by atoms with Crippen LogP contribution >= 0.6 is 11.3 Å². The van der Waals surface area contributed by atoms with Gasteiger partial charge in [-0.2, -0.15) is 5.10 Å². The maximum atomic E-state index is 4.75. The molecule has 0 aliphatic heterocycles. The SMILES string of the molecule is c1ccc(Nc2nc(-c3ccccc3)c(-c3nc[nH]n3)s2)cc1. The van der Waals surface area contributed by atoms with E-state index in [0.717, 1.165) is 27.0 Å². The van der Waals surface area contributed by atoms with Crippen molar-refractivity contribution in [3.63, 3.8) is 0 Å². The molecule has 0 aliphatic rings. The minimum Gasteiger partial charge on any atom is -0.332 e. The molecule has 4 rings (SSSR count). The smallest absolute Gasteiger partial charge is 0.193 e. The maximum absolute atomic E-state index is 4.75. The van der Waals surface area contributed by atoms with E-state index in [2.05, 4.69) is 20.5 Å². The molecular weight excluding hydrogens is 306 g/mol. The Morgan fingerprint density at radius 1 is 0.913 bits per heavy atom. The molecule has 2 aromatic heterocycles. The summed E-state index contributed by atoms with van der Waals surface area (Å²) in [6.07, 6.45) is 1.58. The Balaban J connectivity index is 1.78. The van der Waals surface area contributed by atoms with E-state index in [4.69, 9.17) is 4.98 Å². The number of rotatable bonds is 4. The Hall–Kier alpha value is -2.99. The van der Waals surface area contributed by atoms with Crippen LogP contribution < -0.4 is 5.32 Å². The van der Waals surface area contributed by atoms with Crippen LogP contribution in [0.2, 0.25) is 0 Å². The number of aromatic nitrogens is 4. The predicted octanol–water partition coefficient (Wildman–Crippen LogP) is 4.34. The molecule has 4 aromatic rings. The first-order chi connectivity index (χ1) is 11.4. The number of hydrogen-bond acceptors (Lipinski definition) is 5. The zero-order valence-electron chi connectivity index (χ0n) is 12.1. The van der Waals surface area contributed by atoms with Crippen molar-refractivity contribution < 1.29 is 0 Å². The third-order valence-electron chi connectivity index (χ3n) is 3.32. The quantitative estimate of drug-likeness (QED) is 0.587. The Morgan fingerprint density at radius 2 is 1.65 bits per heavy atom. The van der Waals surface area contributed by atoms with Gasteiger partial charge in [-0.05, 0) is 12.1 Å². The molecule has 0 radical (unpaired) electrons. The monoisotopic (exact) mass is 319 g/mol. The lowest BCUT2D eigenvalue weighted by Crippen LogP contribution is -1.88. The molecule has 112 valence electrons. The molecular formula is C17H13N5S. The first kappa shape index (κ1) is 13.7. The van der Waals surface area contributed by atoms with Crippen molar-refractivity contribution in [2.75, 3.05) is 5.32 Å². The average molecular weight is 319 g/mol. The van der Waals surface area contributed by atoms with E-state index in [9.17, 15) is 0 Å². The van der Waals surface area contributed by atoms with Gasteiger partial charge in [0.2, 0.25) is 0 Å². The van der Waals surface area contributed by atoms with E-state index < -0.39 is 0 Å². The number of aromatic amines is 1. The van der Waals surface area contributed by atoms with E-state index in [1.54, 1.807) is 6.33 Å². The highest BCUT2D eigenvalue weighted by Crippen LogP contribution is 2.38. The fourth-order valence-corrected chi connectivity index (χ4v) is 3.23. The molecule has 2 N–H and O–H groups in total. The Morgan fingerprint density at radius 3 is 2.35 bits per heavy atom. The second kappa shape index (κ2) is 6.02. The second-order valence-electron chi connectivity index (χ2n) is 4.88. The van der Waals surface area contributed by atoms with Gasteiger partial charge in [0.1, 0.15) is 11.2 Å². The molecule has 23 heavy (non-hydrogen) atoms. The maximum Gasteiger partial charge on any atom is 0.193 e. The normalized spacial score (nSPS) is 10.6. The van der Waals surface area contributed by atoms with Gasteiger partial charge in [-0.3, -0.25) is 5.10 Å². The zero-order valence-corrected chi connectivity index (χ0v) is 12.9. The Bertz CT molecular complexity index is 885. The van der Waals surface area contributed by atoms with Gasteiger partial charge >= 0.3 is 0 Å². The zero-order chi connectivity index (χ0) is 15.5. The molecule has 0 bridgehead atoms. The molecule has 0 aliphatic carbocycles. The predicted molar refractivity (Wildman–Crippen MR) is 92.7 cm³/mol. The third-order valence-corrected chi connectivity index (χ3v) is 4.28. The minimum absolute atomic E-state index is 0.655. The molecule has 0 saturated heterocycles. The highest BCUT2D eigenvalue weighted by atomic mass is 32.1. The number of anilines is 2. The number of hydrogen-bond donors (Lipinski definition) is 2. The van der Waals surface area contributed by atoms with Crippen molar-refractivity contribution in [2.24, 2.45) is 0 Å². The minimum atomic E-state index is 0.655. The Labute approximate surface area is 137 Å². The molecule has 0 saturated carbocycles. The first-order valence-corrected chi connectivity index (χ1v) is 7.96. The van der Waals surface area contributed by atoms with E-state index in [1.165, 1.54) is 11.3 Å². The summed E-state index contributed by atoms with van der Waals surface area (Å²) in [5.41, 5.74) is 2.93. The molecule has 0 amide bonds. The summed E-state index contributed by atoms with van der Waals surface area (Å²) in [6, 6.07) is 20.1. The lowest BCUT2D eigenvalue weighted by atomic mass is 10.1. The van der Waals surface area contributed by atoms with Crippen LogP contribution in [0.5, 0.6) is 0 Å². The third kappa shape index (κ3) is 2.84. The van der Waals surface area contributed by atoms with Crippen molar-refractivity contribution in [1.82, 2.24) is 20.2 Å². The van der Waals surface area contributed by atoms with Crippen molar-refractivity contribution >= 4 is 22.2 Å². The van der Waals surface area contributed by atoms with Crippen LogP contribution in [-0.4, -0.2) is 20.2 Å². The molecule has 0 fully saturated rings. The van der Waals surface area contributed by atoms with Crippen LogP contribution in [0.4, 0.5) is 10.8 Å². The highest BCUT2D eigenvalue weighted by molar-refractivity contribution is 7.19. The molecule has 0 atom stereocenters. The topological polar surface area (TPSA) is 66.5 Å². The largest absolute Gasteiger partial charge is 0.332 e. The van der Waals surface area contributed by atoms with Crippen molar-refractivity contribution in [2.45, 2.75) is 0 Å². The van der Waals surface area contributed by atoms with Gasteiger partial charge in [0, 0.05) is 11.3 Å². The van der Waals surface area contributed by atoms with Crippen LogP contribution in [0.25, 0.3) is 22.0 Å². The number of nitrogens with one attached hydrogen (secondary N) is 2. The van der Waals surface area contributed by atoms with Crippen LogP contribution in [0.1, 0.15) is 0 Å². The van der Waals surface area contributed by atoms with Crippen LogP contribution in [-0.2, 0) is 0 Å². The van der Waals surface area contributed by atoms with Crippen molar-refractivity contribution in [1.29, 1.82) is 0 Å². The van der Waals surface area contributed by atoms with Gasteiger partial charge in [-0.15, -0.1) is 0 Å². The van der Waals surface area contributed by atoms with Crippen LogP contribution in [0.3, 0.4) is 0 Å². The second-order valence-corrected chi connectivity index (χ2v) is 5.88. The molecule has 5 nitrogen and oxygen atoms in total. The van der Waals surface area contributed by atoms with Crippen molar-refractivity contribution in [3.8, 4) is 22.0 Å². The highest BCUT2D eigenvalue weighted by Gasteiger charge is 2.17. The van der Waals surface area contributed by atoms with Gasteiger partial charge in [-0.1, -0.05) is 59.9 Å². The van der Waals surface area contributed by atoms with Crippen LogP contribution in [0, 0.1) is 0 Å². The summed E-state index contributed by atoms with van der Waals surface area (Å²) in [4.78, 5) is 9.95. The molecule has 2 heterocycles. The number of thiazole rings is 1. The van der Waals surface area contributed by atoms with E-state index in [0.29, 0.717) is 5.82 Å². The lowest BCUT2D eigenvalue weighted by Gasteiger charge is -2.00. The first-order valence-electron chi connectivity index (χ1n) is 7.14. The summed E-state index contributed by atoms with van der Waals surface area (Å²) in [5, 5.41) is 11.1. The summed E-state index contributed by atoms with van der Waals surface area (Å²) in [5.74, 6) is 0.655. The molecule has 0 spiro atoms. The van der Waals surface area contributed by atoms with Gasteiger partial charge in [0.25, 0.3) is 0 Å². The standard InChI is InChI=1S/C17H13N5S/c1-3-7-12(8-4-1)14-15(16-18-11-19-22-16)23-17(21-14)20-13-9-5-2-6-10-13/h1-11H,(H,20,21)(H,18,19,22). The van der Waals surface area contributed by atoms with Gasteiger partial charge < -0.3 is 5.32 Å². The Kier molecular flexibility index (Phi) is 3.57. The number of benzene rings is 2. The lowest BCUT2D eigenvalue weighted by molar-refractivity contribution is 1.10. The van der Waals surface area contributed by atoms with Gasteiger partial charge in [0.05, 0.1) is 5.69 Å². The molecule has 2 aromatic carbocycles. The number of H-pyrrole nitrogens is 1. The summed E-state index contributed by atoms with van der Waals surface area (Å²) in [7, 11) is 0. The van der Waals surface area contributed by atoms with E-state index in [1.807, 2.05) is 60.7 Å². The number of para-hydroxylation sites is 1. The summed E-state index contributed by atoms with van der Waals surface area (Å²) >= 11 is 1.54. The fraction of sp³-hybridized carbons (Fsp3) is 0. The fourth-order valence-electron chi connectivity index (χ4n) is 2.28. The average Bonchev–Trinajstić information content (AvgIpc) is 3.26. The van der Waals surface area contributed by atoms with E-state index in [-0.39, 0.29) is 0 Å². The van der Waals surface area contributed by atoms with Crippen LogP contribution in [0.15, 0.2) is 67.0 Å². The molecule has 6 heteroatoms. The van der Waals surface area contributed by atoms with E-state index >= 15 is 0 Å². The van der Waals surface area contributed by atoms with Gasteiger partial charge in [-0.25, -0.2) is 9.97 Å². The number of nitrogens with zero attached hydrogens (tertiary/aromatic N) is 3. The summed E-state index contributed by atoms with van der Waals surface area (Å²) in [6.45, 7) is 0. The van der Waals surface area contributed by atoms with Crippen molar-refractivity contribution in [3.05, 3.63) is 67.0 Å². The summed E-state index contributed by atoms with van der Waals surface area (Å²) < 4.78 is 0.